The van der Waals surface area contributed by atoms with Crippen LogP contribution >= 0.6 is 11.1 Å². The molecule has 0 aliphatic carbocycles. The van der Waals surface area contributed by atoms with Crippen LogP contribution in [0.4, 0.5) is 0 Å². The summed E-state index contributed by atoms with van der Waals surface area (Å²) in [6.45, 7) is 4.48. The van der Waals surface area contributed by atoms with E-state index in [9.17, 15) is 0 Å². The summed E-state index contributed by atoms with van der Waals surface area (Å²) < 4.78 is 5.14. The maximum absolute atomic E-state index is 6.63. The van der Waals surface area contributed by atoms with Gasteiger partial charge in [-0.3, -0.25) is 0 Å². The lowest BCUT2D eigenvalue weighted by Gasteiger charge is -2.19. The molecular weight excluding hydrogens is 236 g/mol. The van der Waals surface area contributed by atoms with E-state index in [0.29, 0.717) is 0 Å². The Morgan fingerprint density at radius 1 is 1.25 bits per heavy atom. The Balaban J connectivity index is 2.57. The highest BCUT2D eigenvalue weighted by atomic mass is 35.6. The van der Waals surface area contributed by atoms with Crippen molar-refractivity contribution in [2.24, 2.45) is 0 Å². The first-order valence-corrected chi connectivity index (χ1v) is 9.82. The summed E-state index contributed by atoms with van der Waals surface area (Å²) in [5.74, 6) is 0.912. The number of methoxy groups -OCH3 is 1. The smallest absolute Gasteiger partial charge is 0.157 e. The Bertz CT molecular complexity index is 308. The average molecular weight is 257 g/mol. The van der Waals surface area contributed by atoms with Gasteiger partial charge >= 0.3 is 0 Å². The molecule has 0 radical (unpaired) electrons. The van der Waals surface area contributed by atoms with Gasteiger partial charge in [0.05, 0.1) is 7.11 Å². The van der Waals surface area contributed by atoms with Crippen LogP contribution in [-0.4, -0.2) is 14.5 Å². The molecule has 3 heteroatoms. The van der Waals surface area contributed by atoms with E-state index in [1.54, 1.807) is 7.11 Å². The highest BCUT2D eigenvalue weighted by molar-refractivity contribution is 7.19. The standard InChI is InChI=1S/C13H21ClOSi/c1-4-5-10-16(3,14)11-12-6-8-13(15-2)9-7-12/h6-9H,4-5,10-11H2,1-3H3. The molecule has 0 bridgehead atoms. The molecule has 1 nitrogen and oxygen atoms in total. The van der Waals surface area contributed by atoms with E-state index >= 15 is 0 Å². The molecule has 0 fully saturated rings. The van der Waals surface area contributed by atoms with Gasteiger partial charge in [0.15, 0.2) is 7.38 Å². The molecule has 0 heterocycles. The Morgan fingerprint density at radius 2 is 1.88 bits per heavy atom. The number of hydrogen-bond acceptors (Lipinski definition) is 1. The summed E-state index contributed by atoms with van der Waals surface area (Å²) in [7, 11) is 0.130. The van der Waals surface area contributed by atoms with Crippen LogP contribution in [0.5, 0.6) is 5.75 Å². The van der Waals surface area contributed by atoms with Crippen molar-refractivity contribution in [1.82, 2.24) is 0 Å². The second kappa shape index (κ2) is 6.31. The number of halogens is 1. The number of hydrogen-bond donors (Lipinski definition) is 0. The first-order valence-electron chi connectivity index (χ1n) is 5.89. The zero-order valence-corrected chi connectivity index (χ0v) is 12.2. The van der Waals surface area contributed by atoms with Crippen LogP contribution in [0.15, 0.2) is 24.3 Å². The molecule has 0 saturated carbocycles. The third-order valence-corrected chi connectivity index (χ3v) is 6.29. The molecule has 0 aromatic heterocycles. The normalized spacial score (nSPS) is 14.5. The van der Waals surface area contributed by atoms with Crippen LogP contribution in [-0.2, 0) is 6.04 Å². The van der Waals surface area contributed by atoms with Crippen LogP contribution in [0.3, 0.4) is 0 Å². The Labute approximate surface area is 104 Å². The number of ether oxygens (including phenoxy) is 1. The van der Waals surface area contributed by atoms with Crippen LogP contribution < -0.4 is 4.74 Å². The minimum absolute atomic E-state index is 0.912. The quantitative estimate of drug-likeness (QED) is 0.542. The van der Waals surface area contributed by atoms with E-state index in [1.807, 2.05) is 12.1 Å². The fourth-order valence-corrected chi connectivity index (χ4v) is 5.02. The first-order chi connectivity index (χ1) is 7.57. The number of benzene rings is 1. The minimum atomic E-state index is -1.56. The Morgan fingerprint density at radius 3 is 2.38 bits per heavy atom. The van der Waals surface area contributed by atoms with Gasteiger partial charge in [-0.15, -0.1) is 0 Å². The van der Waals surface area contributed by atoms with Gasteiger partial charge in [-0.2, -0.15) is 11.1 Å². The van der Waals surface area contributed by atoms with Gasteiger partial charge in [0.25, 0.3) is 0 Å². The molecule has 0 aliphatic rings. The molecule has 1 rings (SSSR count). The maximum atomic E-state index is 6.63. The van der Waals surface area contributed by atoms with Crippen molar-refractivity contribution in [3.05, 3.63) is 29.8 Å². The highest BCUT2D eigenvalue weighted by Crippen LogP contribution is 2.24. The van der Waals surface area contributed by atoms with Crippen molar-refractivity contribution in [2.75, 3.05) is 7.11 Å². The predicted octanol–water partition coefficient (Wildman–Crippen LogP) is 4.39. The fourth-order valence-electron chi connectivity index (χ4n) is 1.80. The van der Waals surface area contributed by atoms with Gasteiger partial charge < -0.3 is 4.74 Å². The highest BCUT2D eigenvalue weighted by Gasteiger charge is 2.23. The van der Waals surface area contributed by atoms with Gasteiger partial charge in [-0.1, -0.05) is 38.4 Å². The van der Waals surface area contributed by atoms with Crippen LogP contribution in [0, 0.1) is 0 Å². The fraction of sp³-hybridized carbons (Fsp3) is 0.538. The van der Waals surface area contributed by atoms with Crippen LogP contribution in [0.2, 0.25) is 12.6 Å². The average Bonchev–Trinajstić information content (AvgIpc) is 2.27. The molecule has 0 saturated heterocycles. The summed E-state index contributed by atoms with van der Waals surface area (Å²) in [6, 6.07) is 10.5. The lowest BCUT2D eigenvalue weighted by atomic mass is 10.2. The molecule has 0 spiro atoms. The largest absolute Gasteiger partial charge is 0.497 e. The van der Waals surface area contributed by atoms with Crippen molar-refractivity contribution < 1.29 is 4.74 Å². The van der Waals surface area contributed by atoms with Crippen molar-refractivity contribution >= 4 is 18.5 Å². The lowest BCUT2D eigenvalue weighted by Crippen LogP contribution is -2.25. The van der Waals surface area contributed by atoms with Crippen molar-refractivity contribution in [1.29, 1.82) is 0 Å². The van der Waals surface area contributed by atoms with Gasteiger partial charge in [-0.05, 0) is 29.8 Å². The predicted molar refractivity (Wildman–Crippen MR) is 73.9 cm³/mol. The van der Waals surface area contributed by atoms with E-state index in [1.165, 1.54) is 24.4 Å². The molecule has 1 atom stereocenters. The van der Waals surface area contributed by atoms with E-state index in [4.69, 9.17) is 15.8 Å². The second-order valence-electron chi connectivity index (χ2n) is 4.54. The number of rotatable bonds is 6. The molecule has 16 heavy (non-hydrogen) atoms. The third kappa shape index (κ3) is 4.58. The summed E-state index contributed by atoms with van der Waals surface area (Å²) in [5, 5.41) is 0. The summed E-state index contributed by atoms with van der Waals surface area (Å²) in [6.07, 6.45) is 2.49. The summed E-state index contributed by atoms with van der Waals surface area (Å²) in [5.41, 5.74) is 1.33. The van der Waals surface area contributed by atoms with E-state index in [-0.39, 0.29) is 0 Å². The molecule has 0 N–H and O–H groups in total. The lowest BCUT2D eigenvalue weighted by molar-refractivity contribution is 0.414. The zero-order chi connectivity index (χ0) is 12.0. The second-order valence-corrected chi connectivity index (χ2v) is 11.0. The molecule has 1 aromatic rings. The van der Waals surface area contributed by atoms with E-state index < -0.39 is 7.38 Å². The van der Waals surface area contributed by atoms with Crippen LogP contribution in [0.1, 0.15) is 25.3 Å². The summed E-state index contributed by atoms with van der Waals surface area (Å²) >= 11 is 6.63. The molecule has 90 valence electrons. The monoisotopic (exact) mass is 256 g/mol. The summed E-state index contributed by atoms with van der Waals surface area (Å²) in [4.78, 5) is 0. The minimum Gasteiger partial charge on any atom is -0.497 e. The zero-order valence-electron chi connectivity index (χ0n) is 10.4. The molecular formula is C13H21ClOSi. The van der Waals surface area contributed by atoms with E-state index in [0.717, 1.165) is 11.8 Å². The maximum Gasteiger partial charge on any atom is 0.157 e. The molecule has 1 unspecified atom stereocenters. The van der Waals surface area contributed by atoms with E-state index in [2.05, 4.69) is 25.6 Å². The van der Waals surface area contributed by atoms with Gasteiger partial charge in [-0.25, -0.2) is 0 Å². The SMILES string of the molecule is CCCC[Si](C)(Cl)Cc1ccc(OC)cc1. The van der Waals surface area contributed by atoms with Crippen molar-refractivity contribution in [3.63, 3.8) is 0 Å². The molecule has 1 aromatic carbocycles. The molecule has 0 amide bonds. The first kappa shape index (κ1) is 13.6. The Kier molecular flexibility index (Phi) is 5.36. The topological polar surface area (TPSA) is 9.23 Å². The Hall–Kier alpha value is -0.473. The van der Waals surface area contributed by atoms with Crippen LogP contribution in [0.25, 0.3) is 0 Å². The number of unbranched alkanes of at least 4 members (excludes halogenated alkanes) is 1. The van der Waals surface area contributed by atoms with Gasteiger partial charge in [0, 0.05) is 0 Å². The molecule has 0 aliphatic heterocycles. The van der Waals surface area contributed by atoms with Gasteiger partial charge in [0.1, 0.15) is 5.75 Å². The van der Waals surface area contributed by atoms with Gasteiger partial charge in [0.2, 0.25) is 0 Å². The van der Waals surface area contributed by atoms with Crippen molar-refractivity contribution in [3.8, 4) is 5.75 Å². The van der Waals surface area contributed by atoms with Crippen molar-refractivity contribution in [2.45, 2.75) is 38.4 Å². The third-order valence-electron chi connectivity index (χ3n) is 2.78.